The van der Waals surface area contributed by atoms with Gasteiger partial charge in [-0.05, 0) is 42.5 Å². The van der Waals surface area contributed by atoms with Crippen molar-refractivity contribution in [1.29, 1.82) is 0 Å². The number of carbonyl (C=O) groups excluding carboxylic acids is 2. The van der Waals surface area contributed by atoms with Gasteiger partial charge >= 0.3 is 12.1 Å². The summed E-state index contributed by atoms with van der Waals surface area (Å²) in [6, 6.07) is 18.2. The number of phenols is 1. The van der Waals surface area contributed by atoms with E-state index in [0.29, 0.717) is 24.1 Å². The zero-order valence-corrected chi connectivity index (χ0v) is 19.1. The first kappa shape index (κ1) is 23.0. The number of phenolic OH excluding ortho intramolecular Hbond substituents is 1. The number of halogens is 1. The number of benzene rings is 3. The molecule has 0 heterocycles. The number of carbonyl (C=O) groups is 2. The first-order chi connectivity index (χ1) is 15.0. The van der Waals surface area contributed by atoms with Gasteiger partial charge in [-0.1, -0.05) is 52.3 Å². The maximum absolute atomic E-state index is 12.7. The Bertz CT molecular complexity index is 1070. The Hall–Kier alpha value is -2.71. The monoisotopic (exact) mass is 503 g/mol. The van der Waals surface area contributed by atoms with Crippen molar-refractivity contribution in [2.45, 2.75) is 18.9 Å². The highest BCUT2D eigenvalue weighted by molar-refractivity contribution is 9.10. The third kappa shape index (κ3) is 6.38. The Balaban J connectivity index is 1.74. The number of fused-ring (bicyclic) bond motifs is 1. The highest BCUT2D eigenvalue weighted by Gasteiger charge is 2.21. The molecule has 1 atom stereocenters. The van der Waals surface area contributed by atoms with Crippen LogP contribution >= 0.6 is 28.6 Å². The number of hydrogen-bond donors (Lipinski definition) is 3. The summed E-state index contributed by atoms with van der Waals surface area (Å²) < 4.78 is 11.4. The van der Waals surface area contributed by atoms with Gasteiger partial charge in [0, 0.05) is 15.4 Å². The summed E-state index contributed by atoms with van der Waals surface area (Å²) in [7, 11) is 0. The molecule has 2 N–H and O–H groups in total. The van der Waals surface area contributed by atoms with Gasteiger partial charge in [0.15, 0.2) is 0 Å². The van der Waals surface area contributed by atoms with Crippen molar-refractivity contribution in [3.8, 4) is 5.75 Å². The maximum atomic E-state index is 12.7. The molecule has 0 saturated heterocycles. The molecule has 8 heteroatoms. The molecule has 0 saturated carbocycles. The van der Waals surface area contributed by atoms with E-state index in [1.54, 1.807) is 18.2 Å². The number of hydrogen-bond acceptors (Lipinski definition) is 6. The fourth-order valence-corrected chi connectivity index (χ4v) is 3.63. The average molecular weight is 504 g/mol. The van der Waals surface area contributed by atoms with Gasteiger partial charge in [-0.25, -0.2) is 4.79 Å². The van der Waals surface area contributed by atoms with Crippen LogP contribution in [0.4, 0.5) is 10.5 Å². The third-order valence-corrected chi connectivity index (χ3v) is 5.37. The molecule has 0 aromatic heterocycles. The fourth-order valence-electron chi connectivity index (χ4n) is 3.16. The van der Waals surface area contributed by atoms with Gasteiger partial charge in [0.2, 0.25) is 0 Å². The second kappa shape index (κ2) is 11.1. The van der Waals surface area contributed by atoms with Crippen molar-refractivity contribution in [1.82, 2.24) is 0 Å². The Kier molecular flexibility index (Phi) is 8.20. The molecule has 0 unspecified atom stereocenters. The molecule has 162 valence electrons. The average Bonchev–Trinajstić information content (AvgIpc) is 2.77. The van der Waals surface area contributed by atoms with Crippen LogP contribution < -0.4 is 5.32 Å². The van der Waals surface area contributed by atoms with Crippen LogP contribution in [0.5, 0.6) is 5.75 Å². The molecule has 0 bridgehead atoms. The molecule has 0 aliphatic heterocycles. The second-order valence-corrected chi connectivity index (χ2v) is 8.00. The van der Waals surface area contributed by atoms with E-state index in [1.807, 2.05) is 36.4 Å². The van der Waals surface area contributed by atoms with Crippen molar-refractivity contribution >= 4 is 57.1 Å². The minimum absolute atomic E-state index is 0.000212. The molecule has 3 aromatic rings. The van der Waals surface area contributed by atoms with Crippen LogP contribution in [0, 0.1) is 0 Å². The van der Waals surface area contributed by atoms with Crippen LogP contribution in [-0.2, 0) is 14.3 Å². The number of rotatable bonds is 8. The van der Waals surface area contributed by atoms with E-state index >= 15 is 0 Å². The molecule has 0 aliphatic carbocycles. The van der Waals surface area contributed by atoms with Gasteiger partial charge < -0.3 is 14.6 Å². The third-order valence-electron chi connectivity index (χ3n) is 4.61. The molecule has 0 aliphatic rings. The van der Waals surface area contributed by atoms with Crippen LogP contribution in [-0.4, -0.2) is 29.5 Å². The zero-order chi connectivity index (χ0) is 22.2. The second-order valence-electron chi connectivity index (χ2n) is 6.77. The topological polar surface area (TPSA) is 84.9 Å². The Morgan fingerprint density at radius 2 is 1.87 bits per heavy atom. The van der Waals surface area contributed by atoms with Crippen molar-refractivity contribution in [3.63, 3.8) is 0 Å². The SMILES string of the molecule is O=C(CS)OCCC[C@@H](OC(=O)Nc1cccc2ccccc12)c1cc(Br)ccc1O. The zero-order valence-electron chi connectivity index (χ0n) is 16.6. The summed E-state index contributed by atoms with van der Waals surface area (Å²) in [5.41, 5.74) is 1.09. The number of esters is 1. The first-order valence-corrected chi connectivity index (χ1v) is 11.1. The summed E-state index contributed by atoms with van der Waals surface area (Å²) in [6.07, 6.45) is -0.583. The van der Waals surface area contributed by atoms with Crippen LogP contribution in [0.25, 0.3) is 10.8 Å². The van der Waals surface area contributed by atoms with Gasteiger partial charge in [0.25, 0.3) is 0 Å². The van der Waals surface area contributed by atoms with Crippen molar-refractivity contribution in [2.24, 2.45) is 0 Å². The van der Waals surface area contributed by atoms with Gasteiger partial charge in [-0.15, -0.1) is 0 Å². The van der Waals surface area contributed by atoms with E-state index in [9.17, 15) is 14.7 Å². The van der Waals surface area contributed by atoms with E-state index in [0.717, 1.165) is 15.2 Å². The predicted molar refractivity (Wildman–Crippen MR) is 127 cm³/mol. The lowest BCUT2D eigenvalue weighted by Gasteiger charge is -2.20. The summed E-state index contributed by atoms with van der Waals surface area (Å²) >= 11 is 7.24. The van der Waals surface area contributed by atoms with E-state index in [-0.39, 0.29) is 18.1 Å². The van der Waals surface area contributed by atoms with E-state index in [2.05, 4.69) is 33.9 Å². The van der Waals surface area contributed by atoms with Crippen molar-refractivity contribution < 1.29 is 24.2 Å². The number of aromatic hydroxyl groups is 1. The Morgan fingerprint density at radius 3 is 2.68 bits per heavy atom. The number of thiol groups is 1. The first-order valence-electron chi connectivity index (χ1n) is 9.68. The molecule has 0 radical (unpaired) electrons. The summed E-state index contributed by atoms with van der Waals surface area (Å²) in [6.45, 7) is 0.166. The molecule has 1 amide bonds. The van der Waals surface area contributed by atoms with Crippen LogP contribution in [0.2, 0.25) is 0 Å². The standard InChI is InChI=1S/C23H22BrNO5S/c24-16-10-11-20(26)18(13-16)21(9-4-12-29-22(27)14-31)30-23(28)25-19-8-3-6-15-5-1-2-7-17(15)19/h1-3,5-8,10-11,13,21,26,31H,4,9,12,14H2,(H,25,28)/t21-/m1/s1. The molecule has 3 rings (SSSR count). The van der Waals surface area contributed by atoms with E-state index < -0.39 is 18.2 Å². The molecule has 0 fully saturated rings. The number of nitrogens with one attached hydrogen (secondary N) is 1. The van der Waals surface area contributed by atoms with Crippen molar-refractivity contribution in [3.05, 3.63) is 70.7 Å². The largest absolute Gasteiger partial charge is 0.508 e. The molecular weight excluding hydrogens is 482 g/mol. The molecule has 3 aromatic carbocycles. The van der Waals surface area contributed by atoms with Crippen LogP contribution in [0.3, 0.4) is 0 Å². The summed E-state index contributed by atoms with van der Waals surface area (Å²) in [4.78, 5) is 24.0. The molecule has 0 spiro atoms. The Morgan fingerprint density at radius 1 is 1.10 bits per heavy atom. The highest BCUT2D eigenvalue weighted by atomic mass is 79.9. The van der Waals surface area contributed by atoms with Gasteiger partial charge in [-0.2, -0.15) is 12.6 Å². The van der Waals surface area contributed by atoms with E-state index in [4.69, 9.17) is 9.47 Å². The van der Waals surface area contributed by atoms with Crippen LogP contribution in [0.15, 0.2) is 65.1 Å². The number of anilines is 1. The van der Waals surface area contributed by atoms with Crippen LogP contribution in [0.1, 0.15) is 24.5 Å². The number of ether oxygens (including phenoxy) is 2. The lowest BCUT2D eigenvalue weighted by Crippen LogP contribution is -2.18. The fraction of sp³-hybridized carbons (Fsp3) is 0.217. The smallest absolute Gasteiger partial charge is 0.412 e. The van der Waals surface area contributed by atoms with E-state index in [1.165, 1.54) is 6.07 Å². The predicted octanol–water partition coefficient (Wildman–Crippen LogP) is 5.85. The highest BCUT2D eigenvalue weighted by Crippen LogP contribution is 2.33. The minimum atomic E-state index is -0.734. The summed E-state index contributed by atoms with van der Waals surface area (Å²) in [5.74, 6) is -0.405. The molecule has 6 nitrogen and oxygen atoms in total. The lowest BCUT2D eigenvalue weighted by molar-refractivity contribution is -0.140. The van der Waals surface area contributed by atoms with Crippen molar-refractivity contribution in [2.75, 3.05) is 17.7 Å². The maximum Gasteiger partial charge on any atom is 0.412 e. The molecular formula is C23H22BrNO5S. The molecule has 31 heavy (non-hydrogen) atoms. The van der Waals surface area contributed by atoms with Gasteiger partial charge in [0.05, 0.1) is 18.0 Å². The quantitative estimate of drug-likeness (QED) is 0.204. The Labute approximate surface area is 194 Å². The number of amides is 1. The van der Waals surface area contributed by atoms with Gasteiger partial charge in [0.1, 0.15) is 11.9 Å². The lowest BCUT2D eigenvalue weighted by atomic mass is 10.0. The van der Waals surface area contributed by atoms with Gasteiger partial charge in [-0.3, -0.25) is 10.1 Å². The normalized spacial score (nSPS) is 11.7. The summed E-state index contributed by atoms with van der Waals surface area (Å²) in [5, 5.41) is 15.0. The minimum Gasteiger partial charge on any atom is -0.508 e.